The molecule has 3 aromatic rings. The number of aromatic nitrogens is 4. The number of fused-ring (bicyclic) bond motifs is 1. The monoisotopic (exact) mass is 212 g/mol. The number of rotatable bonds is 1. The van der Waals surface area contributed by atoms with Gasteiger partial charge in [-0.3, -0.25) is 4.40 Å². The normalized spacial score (nSPS) is 10.8. The molecule has 0 N–H and O–H groups in total. The van der Waals surface area contributed by atoms with Gasteiger partial charge in [-0.2, -0.15) is 4.73 Å². The van der Waals surface area contributed by atoms with Gasteiger partial charge in [0, 0.05) is 24.5 Å². The van der Waals surface area contributed by atoms with Crippen molar-refractivity contribution >= 4 is 5.78 Å². The average Bonchev–Trinajstić information content (AvgIpc) is 2.74. The summed E-state index contributed by atoms with van der Waals surface area (Å²) >= 11 is 0. The van der Waals surface area contributed by atoms with Crippen molar-refractivity contribution in [3.05, 3.63) is 54.3 Å². The highest BCUT2D eigenvalue weighted by Gasteiger charge is 2.12. The van der Waals surface area contributed by atoms with E-state index < -0.39 is 0 Å². The van der Waals surface area contributed by atoms with Gasteiger partial charge in [-0.15, -0.1) is 0 Å². The summed E-state index contributed by atoms with van der Waals surface area (Å²) in [6, 6.07) is 7.07. The Morgan fingerprint density at radius 3 is 3.00 bits per heavy atom. The maximum absolute atomic E-state index is 11.6. The molecule has 0 fully saturated rings. The van der Waals surface area contributed by atoms with Gasteiger partial charge in [-0.1, -0.05) is 0 Å². The molecule has 0 amide bonds. The van der Waals surface area contributed by atoms with E-state index in [2.05, 4.69) is 9.97 Å². The smallest absolute Gasteiger partial charge is 0.242 e. The van der Waals surface area contributed by atoms with Crippen LogP contribution in [-0.4, -0.2) is 14.4 Å². The summed E-state index contributed by atoms with van der Waals surface area (Å²) in [6.07, 6.45) is 6.61. The van der Waals surface area contributed by atoms with Crippen LogP contribution in [0.25, 0.3) is 17.2 Å². The quantitative estimate of drug-likeness (QED) is 0.447. The van der Waals surface area contributed by atoms with E-state index in [1.54, 1.807) is 35.0 Å². The van der Waals surface area contributed by atoms with Crippen molar-refractivity contribution in [3.8, 4) is 11.4 Å². The first-order valence-electron chi connectivity index (χ1n) is 4.83. The standard InChI is InChI=1S/C11H8N4O/c16-15-7-2-1-4-9(15)10-8-13-11-12-5-3-6-14(10)11/h1-8H. The molecular weight excluding hydrogens is 204 g/mol. The topological polar surface area (TPSA) is 57.1 Å². The summed E-state index contributed by atoms with van der Waals surface area (Å²) in [7, 11) is 0. The molecular formula is C11H8N4O. The molecule has 0 radical (unpaired) electrons. The lowest BCUT2D eigenvalue weighted by Gasteiger charge is -2.02. The fourth-order valence-corrected chi connectivity index (χ4v) is 1.64. The van der Waals surface area contributed by atoms with E-state index in [1.165, 1.54) is 6.20 Å². The van der Waals surface area contributed by atoms with E-state index in [1.807, 2.05) is 12.3 Å². The Morgan fingerprint density at radius 2 is 2.12 bits per heavy atom. The van der Waals surface area contributed by atoms with Gasteiger partial charge in [0.25, 0.3) is 0 Å². The summed E-state index contributed by atoms with van der Waals surface area (Å²) < 4.78 is 2.60. The minimum absolute atomic E-state index is 0.558. The number of hydrogen-bond acceptors (Lipinski definition) is 3. The minimum Gasteiger partial charge on any atom is -0.618 e. The molecule has 0 bridgehead atoms. The number of pyridine rings is 1. The van der Waals surface area contributed by atoms with E-state index >= 15 is 0 Å². The molecule has 0 aliphatic carbocycles. The Hall–Kier alpha value is -2.43. The van der Waals surface area contributed by atoms with Crippen molar-refractivity contribution in [1.82, 2.24) is 14.4 Å². The van der Waals surface area contributed by atoms with Gasteiger partial charge >= 0.3 is 0 Å². The Balaban J connectivity index is 2.31. The largest absolute Gasteiger partial charge is 0.618 e. The van der Waals surface area contributed by atoms with E-state index in [0.717, 1.165) is 10.4 Å². The summed E-state index contributed by atoms with van der Waals surface area (Å²) in [6.45, 7) is 0. The fraction of sp³-hybridized carbons (Fsp3) is 0. The first-order chi connectivity index (χ1) is 7.86. The van der Waals surface area contributed by atoms with Crippen LogP contribution < -0.4 is 4.73 Å². The average molecular weight is 212 g/mol. The molecule has 16 heavy (non-hydrogen) atoms. The Kier molecular flexibility index (Phi) is 1.83. The molecule has 78 valence electrons. The lowest BCUT2D eigenvalue weighted by Crippen LogP contribution is -2.28. The van der Waals surface area contributed by atoms with Crippen LogP contribution in [0.5, 0.6) is 0 Å². The molecule has 0 saturated carbocycles. The molecule has 0 aliphatic heterocycles. The van der Waals surface area contributed by atoms with Gasteiger partial charge in [-0.25, -0.2) is 9.97 Å². The zero-order valence-electron chi connectivity index (χ0n) is 8.32. The summed E-state index contributed by atoms with van der Waals surface area (Å²) in [4.78, 5) is 8.23. The summed E-state index contributed by atoms with van der Waals surface area (Å²) in [5, 5.41) is 11.6. The maximum Gasteiger partial charge on any atom is 0.242 e. The highest BCUT2D eigenvalue weighted by atomic mass is 16.5. The van der Waals surface area contributed by atoms with E-state index in [4.69, 9.17) is 0 Å². The summed E-state index contributed by atoms with van der Waals surface area (Å²) in [5.74, 6) is 0.585. The van der Waals surface area contributed by atoms with E-state index in [0.29, 0.717) is 11.5 Å². The van der Waals surface area contributed by atoms with Gasteiger partial charge in [0.05, 0.1) is 6.20 Å². The lowest BCUT2D eigenvalue weighted by molar-refractivity contribution is -0.593. The van der Waals surface area contributed by atoms with Crippen molar-refractivity contribution in [2.75, 3.05) is 0 Å². The molecule has 3 heterocycles. The van der Waals surface area contributed by atoms with Crippen LogP contribution in [0.1, 0.15) is 0 Å². The van der Waals surface area contributed by atoms with E-state index in [9.17, 15) is 5.21 Å². The molecule has 0 saturated heterocycles. The van der Waals surface area contributed by atoms with Crippen LogP contribution in [-0.2, 0) is 0 Å². The third-order valence-electron chi connectivity index (χ3n) is 2.38. The maximum atomic E-state index is 11.6. The predicted octanol–water partition coefficient (Wildman–Crippen LogP) is 1.03. The van der Waals surface area contributed by atoms with Crippen LogP contribution in [0.2, 0.25) is 0 Å². The first-order valence-corrected chi connectivity index (χ1v) is 4.83. The third kappa shape index (κ3) is 1.22. The molecule has 3 rings (SSSR count). The van der Waals surface area contributed by atoms with Gasteiger partial charge in [0.15, 0.2) is 6.20 Å². The van der Waals surface area contributed by atoms with Gasteiger partial charge < -0.3 is 5.21 Å². The molecule has 5 nitrogen and oxygen atoms in total. The van der Waals surface area contributed by atoms with Crippen LogP contribution in [0.15, 0.2) is 49.1 Å². The van der Waals surface area contributed by atoms with Crippen LogP contribution in [0, 0.1) is 5.21 Å². The Labute approximate surface area is 91.2 Å². The van der Waals surface area contributed by atoms with Gasteiger partial charge in [-0.05, 0) is 12.1 Å². The lowest BCUT2D eigenvalue weighted by atomic mass is 10.3. The number of nitrogens with zero attached hydrogens (tertiary/aromatic N) is 4. The Morgan fingerprint density at radius 1 is 1.19 bits per heavy atom. The number of hydrogen-bond donors (Lipinski definition) is 0. The predicted molar refractivity (Wildman–Crippen MR) is 57.4 cm³/mol. The fourth-order valence-electron chi connectivity index (χ4n) is 1.64. The number of imidazole rings is 1. The highest BCUT2D eigenvalue weighted by Crippen LogP contribution is 2.15. The zero-order valence-corrected chi connectivity index (χ0v) is 8.32. The van der Waals surface area contributed by atoms with Gasteiger partial charge in [0.2, 0.25) is 11.5 Å². The summed E-state index contributed by atoms with van der Waals surface area (Å²) in [5.41, 5.74) is 1.29. The molecule has 0 aromatic carbocycles. The second kappa shape index (κ2) is 3.30. The van der Waals surface area contributed by atoms with Crippen molar-refractivity contribution in [3.63, 3.8) is 0 Å². The van der Waals surface area contributed by atoms with Crippen LogP contribution in [0.4, 0.5) is 0 Å². The van der Waals surface area contributed by atoms with Crippen LogP contribution in [0.3, 0.4) is 0 Å². The SMILES string of the molecule is [O-][n+]1ccccc1-c1cnc2ncccn12. The van der Waals surface area contributed by atoms with E-state index in [-0.39, 0.29) is 0 Å². The first kappa shape index (κ1) is 8.84. The Bertz CT molecular complexity index is 647. The molecule has 3 aromatic heterocycles. The zero-order chi connectivity index (χ0) is 11.0. The molecule has 0 unspecified atom stereocenters. The molecule has 5 heteroatoms. The molecule has 0 aliphatic rings. The van der Waals surface area contributed by atoms with Crippen molar-refractivity contribution in [2.24, 2.45) is 0 Å². The molecule has 0 atom stereocenters. The second-order valence-electron chi connectivity index (χ2n) is 3.34. The highest BCUT2D eigenvalue weighted by molar-refractivity contribution is 5.55. The second-order valence-corrected chi connectivity index (χ2v) is 3.34. The molecule has 0 spiro atoms. The van der Waals surface area contributed by atoms with Crippen molar-refractivity contribution in [1.29, 1.82) is 0 Å². The van der Waals surface area contributed by atoms with Crippen molar-refractivity contribution < 1.29 is 4.73 Å². The van der Waals surface area contributed by atoms with Crippen LogP contribution >= 0.6 is 0 Å². The van der Waals surface area contributed by atoms with Crippen molar-refractivity contribution in [2.45, 2.75) is 0 Å². The minimum atomic E-state index is 0.558. The van der Waals surface area contributed by atoms with Gasteiger partial charge in [0.1, 0.15) is 5.69 Å². The third-order valence-corrected chi connectivity index (χ3v) is 2.38.